The van der Waals surface area contributed by atoms with Crippen LogP contribution in [0.3, 0.4) is 0 Å². The maximum absolute atomic E-state index is 11.0. The maximum atomic E-state index is 11.0. The maximum Gasteiger partial charge on any atom is 0.335 e. The Morgan fingerprint density at radius 1 is 1.40 bits per heavy atom. The highest BCUT2D eigenvalue weighted by atomic mass is 16.6. The van der Waals surface area contributed by atoms with Gasteiger partial charge in [0.25, 0.3) is 0 Å². The third kappa shape index (κ3) is 1.80. The first-order chi connectivity index (χ1) is 7.22. The molecule has 0 aliphatic carbocycles. The van der Waals surface area contributed by atoms with Gasteiger partial charge >= 0.3 is 5.97 Å². The molecule has 0 spiro atoms. The van der Waals surface area contributed by atoms with Gasteiger partial charge in [0, 0.05) is 0 Å². The normalized spacial score (nSPS) is 25.1. The highest BCUT2D eigenvalue weighted by molar-refractivity contribution is 5.78. The van der Waals surface area contributed by atoms with E-state index in [1.165, 1.54) is 0 Å². The molecule has 1 aromatic carbocycles. The van der Waals surface area contributed by atoms with Crippen LogP contribution >= 0.6 is 0 Å². The third-order valence-electron chi connectivity index (χ3n) is 2.57. The monoisotopic (exact) mass is 208 g/mol. The van der Waals surface area contributed by atoms with E-state index in [4.69, 9.17) is 9.47 Å². The standard InChI is InChI=1S/C11H12O4/c1-14-8-4-2-7(3-5-8)9-6-15-11(13)10(9)12/h2-5,9-10,12H,6H2,1H3. The van der Waals surface area contributed by atoms with E-state index in [1.807, 2.05) is 12.1 Å². The zero-order valence-corrected chi connectivity index (χ0v) is 8.34. The van der Waals surface area contributed by atoms with Crippen molar-refractivity contribution in [3.63, 3.8) is 0 Å². The van der Waals surface area contributed by atoms with E-state index in [2.05, 4.69) is 0 Å². The number of carbonyl (C=O) groups excluding carboxylic acids is 1. The van der Waals surface area contributed by atoms with Crippen molar-refractivity contribution in [3.05, 3.63) is 29.8 Å². The van der Waals surface area contributed by atoms with Gasteiger partial charge in [-0.05, 0) is 17.7 Å². The number of cyclic esters (lactones) is 1. The van der Waals surface area contributed by atoms with Crippen LogP contribution < -0.4 is 4.74 Å². The molecule has 4 heteroatoms. The van der Waals surface area contributed by atoms with Crippen LogP contribution in [0.15, 0.2) is 24.3 Å². The number of aliphatic hydroxyl groups is 1. The Kier molecular flexibility index (Phi) is 2.60. The van der Waals surface area contributed by atoms with Gasteiger partial charge in [-0.15, -0.1) is 0 Å². The van der Waals surface area contributed by atoms with Gasteiger partial charge in [-0.1, -0.05) is 12.1 Å². The number of aliphatic hydroxyl groups excluding tert-OH is 1. The fourth-order valence-electron chi connectivity index (χ4n) is 1.64. The molecule has 0 saturated carbocycles. The first-order valence-electron chi connectivity index (χ1n) is 4.71. The Hall–Kier alpha value is -1.55. The zero-order valence-electron chi connectivity index (χ0n) is 8.34. The highest BCUT2D eigenvalue weighted by Gasteiger charge is 2.36. The summed E-state index contributed by atoms with van der Waals surface area (Å²) in [6.45, 7) is 0.242. The fraction of sp³-hybridized carbons (Fsp3) is 0.364. The van der Waals surface area contributed by atoms with E-state index >= 15 is 0 Å². The lowest BCUT2D eigenvalue weighted by Crippen LogP contribution is -2.19. The van der Waals surface area contributed by atoms with E-state index < -0.39 is 12.1 Å². The number of esters is 1. The van der Waals surface area contributed by atoms with Crippen LogP contribution in [-0.4, -0.2) is 30.9 Å². The first kappa shape index (κ1) is 9.98. The highest BCUT2D eigenvalue weighted by Crippen LogP contribution is 2.27. The summed E-state index contributed by atoms with van der Waals surface area (Å²) in [6, 6.07) is 7.25. The predicted octanol–water partition coefficient (Wildman–Crippen LogP) is 0.696. The molecule has 1 saturated heterocycles. The molecule has 1 aromatic rings. The van der Waals surface area contributed by atoms with Gasteiger partial charge in [0.1, 0.15) is 12.4 Å². The van der Waals surface area contributed by atoms with Gasteiger partial charge < -0.3 is 14.6 Å². The molecule has 1 aliphatic rings. The third-order valence-corrected chi connectivity index (χ3v) is 2.57. The van der Waals surface area contributed by atoms with Crippen LogP contribution in [0, 0.1) is 0 Å². The summed E-state index contributed by atoms with van der Waals surface area (Å²) in [6.07, 6.45) is -1.04. The van der Waals surface area contributed by atoms with E-state index in [-0.39, 0.29) is 12.5 Å². The number of rotatable bonds is 2. The topological polar surface area (TPSA) is 55.8 Å². The minimum Gasteiger partial charge on any atom is -0.497 e. The number of carbonyl (C=O) groups is 1. The van der Waals surface area contributed by atoms with Crippen molar-refractivity contribution in [1.29, 1.82) is 0 Å². The van der Waals surface area contributed by atoms with Crippen molar-refractivity contribution in [2.75, 3.05) is 13.7 Å². The molecule has 1 fully saturated rings. The predicted molar refractivity (Wildman–Crippen MR) is 52.7 cm³/mol. The molecule has 1 N–H and O–H groups in total. The average Bonchev–Trinajstić information content (AvgIpc) is 2.60. The minimum atomic E-state index is -1.04. The lowest BCUT2D eigenvalue weighted by Gasteiger charge is -2.10. The Morgan fingerprint density at radius 2 is 2.07 bits per heavy atom. The summed E-state index contributed by atoms with van der Waals surface area (Å²) in [5, 5.41) is 9.53. The molecule has 0 amide bonds. The molecule has 0 aromatic heterocycles. The summed E-state index contributed by atoms with van der Waals surface area (Å²) in [5.41, 5.74) is 0.883. The van der Waals surface area contributed by atoms with Crippen LogP contribution in [0.25, 0.3) is 0 Å². The number of ether oxygens (including phenoxy) is 2. The van der Waals surface area contributed by atoms with Crippen molar-refractivity contribution >= 4 is 5.97 Å². The number of hydrogen-bond donors (Lipinski definition) is 1. The van der Waals surface area contributed by atoms with Crippen LogP contribution in [0.2, 0.25) is 0 Å². The van der Waals surface area contributed by atoms with Gasteiger partial charge in [-0.3, -0.25) is 0 Å². The summed E-state index contributed by atoms with van der Waals surface area (Å²) in [7, 11) is 1.59. The van der Waals surface area contributed by atoms with Crippen LogP contribution in [0.4, 0.5) is 0 Å². The van der Waals surface area contributed by atoms with Crippen LogP contribution in [-0.2, 0) is 9.53 Å². The SMILES string of the molecule is COc1ccc(C2COC(=O)C2O)cc1. The molecular weight excluding hydrogens is 196 g/mol. The van der Waals surface area contributed by atoms with Crippen LogP contribution in [0.1, 0.15) is 11.5 Å². The minimum absolute atomic E-state index is 0.242. The van der Waals surface area contributed by atoms with Gasteiger partial charge in [0.05, 0.1) is 13.0 Å². The Labute approximate surface area is 87.4 Å². The molecule has 0 bridgehead atoms. The van der Waals surface area contributed by atoms with E-state index in [1.54, 1.807) is 19.2 Å². The number of hydrogen-bond acceptors (Lipinski definition) is 4. The lowest BCUT2D eigenvalue weighted by molar-refractivity contribution is -0.144. The molecule has 2 unspecified atom stereocenters. The van der Waals surface area contributed by atoms with Gasteiger partial charge in [0.15, 0.2) is 6.10 Å². The Morgan fingerprint density at radius 3 is 2.53 bits per heavy atom. The molecule has 15 heavy (non-hydrogen) atoms. The molecule has 2 atom stereocenters. The van der Waals surface area contributed by atoms with Crippen LogP contribution in [0.5, 0.6) is 5.75 Å². The van der Waals surface area contributed by atoms with E-state index in [0.29, 0.717) is 0 Å². The van der Waals surface area contributed by atoms with Gasteiger partial charge in [-0.2, -0.15) is 0 Å². The molecule has 4 nitrogen and oxygen atoms in total. The van der Waals surface area contributed by atoms with E-state index in [9.17, 15) is 9.90 Å². The largest absolute Gasteiger partial charge is 0.497 e. The summed E-state index contributed by atoms with van der Waals surface area (Å²) >= 11 is 0. The lowest BCUT2D eigenvalue weighted by atomic mass is 9.96. The second-order valence-electron chi connectivity index (χ2n) is 3.45. The summed E-state index contributed by atoms with van der Waals surface area (Å²) in [5.74, 6) is -0.0577. The zero-order chi connectivity index (χ0) is 10.8. The molecular formula is C11H12O4. The summed E-state index contributed by atoms with van der Waals surface area (Å²) in [4.78, 5) is 11.0. The molecule has 80 valence electrons. The molecule has 1 heterocycles. The van der Waals surface area contributed by atoms with Crippen molar-refractivity contribution < 1.29 is 19.4 Å². The quantitative estimate of drug-likeness (QED) is 0.727. The van der Waals surface area contributed by atoms with Crippen molar-refractivity contribution in [3.8, 4) is 5.75 Å². The summed E-state index contributed by atoms with van der Waals surface area (Å²) < 4.78 is 9.79. The Balaban J connectivity index is 2.19. The smallest absolute Gasteiger partial charge is 0.335 e. The van der Waals surface area contributed by atoms with Crippen molar-refractivity contribution in [2.24, 2.45) is 0 Å². The second-order valence-corrected chi connectivity index (χ2v) is 3.45. The van der Waals surface area contributed by atoms with E-state index in [0.717, 1.165) is 11.3 Å². The number of benzene rings is 1. The second kappa shape index (κ2) is 3.90. The van der Waals surface area contributed by atoms with Crippen molar-refractivity contribution in [1.82, 2.24) is 0 Å². The number of methoxy groups -OCH3 is 1. The fourth-order valence-corrected chi connectivity index (χ4v) is 1.64. The molecule has 0 radical (unpaired) electrons. The van der Waals surface area contributed by atoms with Gasteiger partial charge in [0.2, 0.25) is 0 Å². The molecule has 2 rings (SSSR count). The first-order valence-corrected chi connectivity index (χ1v) is 4.71. The molecule has 1 aliphatic heterocycles. The average molecular weight is 208 g/mol. The van der Waals surface area contributed by atoms with Crippen molar-refractivity contribution in [2.45, 2.75) is 12.0 Å². The Bertz CT molecular complexity index is 357. The van der Waals surface area contributed by atoms with Gasteiger partial charge in [-0.25, -0.2) is 4.79 Å².